The second kappa shape index (κ2) is 5.40. The van der Waals surface area contributed by atoms with E-state index < -0.39 is 4.92 Å². The van der Waals surface area contributed by atoms with E-state index in [9.17, 15) is 14.9 Å². The number of hydrogen-bond acceptors (Lipinski definition) is 4. The second-order valence-corrected chi connectivity index (χ2v) is 4.84. The lowest BCUT2D eigenvalue weighted by atomic mass is 10.2. The lowest BCUT2D eigenvalue weighted by molar-refractivity contribution is -0.384. The lowest BCUT2D eigenvalue weighted by Gasteiger charge is -2.12. The molecule has 0 aliphatic heterocycles. The molecule has 1 saturated carbocycles. The first-order valence-electron chi connectivity index (χ1n) is 6.41. The van der Waals surface area contributed by atoms with Crippen molar-refractivity contribution in [1.82, 2.24) is 9.88 Å². The Balaban J connectivity index is 2.02. The van der Waals surface area contributed by atoms with Gasteiger partial charge in [0.05, 0.1) is 11.1 Å². The van der Waals surface area contributed by atoms with Crippen molar-refractivity contribution in [3.8, 4) is 0 Å². The topological polar surface area (TPSA) is 103 Å². The average Bonchev–Trinajstić information content (AvgIpc) is 3.13. The van der Waals surface area contributed by atoms with Crippen LogP contribution >= 0.6 is 0 Å². The highest BCUT2D eigenvalue weighted by Gasteiger charge is 2.29. The number of rotatable bonds is 6. The zero-order chi connectivity index (χ0) is 14.0. The third-order valence-electron chi connectivity index (χ3n) is 3.39. The van der Waals surface area contributed by atoms with Gasteiger partial charge in [-0.1, -0.05) is 0 Å². The molecule has 7 heteroatoms. The van der Waals surface area contributed by atoms with E-state index in [1.54, 1.807) is 4.57 Å². The fourth-order valence-electron chi connectivity index (χ4n) is 2.04. The number of aromatic nitrogens is 1. The van der Waals surface area contributed by atoms with E-state index in [-0.39, 0.29) is 17.6 Å². The maximum absolute atomic E-state index is 12.0. The molecular weight excluding hydrogens is 248 g/mol. The quantitative estimate of drug-likeness (QED) is 0.589. The van der Waals surface area contributed by atoms with Crippen LogP contribution in [0.4, 0.5) is 5.69 Å². The minimum absolute atomic E-state index is 0.0241. The van der Waals surface area contributed by atoms with Gasteiger partial charge >= 0.3 is 0 Å². The number of nitrogens with one attached hydrogen (secondary N) is 1. The summed E-state index contributed by atoms with van der Waals surface area (Å²) < 4.78 is 1.57. The molecule has 1 atom stereocenters. The summed E-state index contributed by atoms with van der Waals surface area (Å²) in [5.41, 5.74) is 6.13. The molecule has 1 fully saturated rings. The van der Waals surface area contributed by atoms with Crippen molar-refractivity contribution in [2.75, 3.05) is 6.54 Å². The maximum atomic E-state index is 12.0. The van der Waals surface area contributed by atoms with Crippen molar-refractivity contribution < 1.29 is 9.72 Å². The van der Waals surface area contributed by atoms with Gasteiger partial charge in [-0.25, -0.2) is 0 Å². The van der Waals surface area contributed by atoms with Gasteiger partial charge in [0, 0.05) is 25.2 Å². The van der Waals surface area contributed by atoms with E-state index in [4.69, 9.17) is 5.73 Å². The van der Waals surface area contributed by atoms with Crippen LogP contribution in [-0.2, 0) is 6.54 Å². The SMILES string of the molecule is CCn1cc([N+](=O)[O-])cc1C(=O)NCC(N)C1CC1. The zero-order valence-corrected chi connectivity index (χ0v) is 10.8. The Labute approximate surface area is 110 Å². The van der Waals surface area contributed by atoms with Crippen molar-refractivity contribution in [2.24, 2.45) is 11.7 Å². The maximum Gasteiger partial charge on any atom is 0.287 e. The van der Waals surface area contributed by atoms with E-state index >= 15 is 0 Å². The van der Waals surface area contributed by atoms with Gasteiger partial charge in [0.15, 0.2) is 0 Å². The first-order valence-corrected chi connectivity index (χ1v) is 6.41. The Kier molecular flexibility index (Phi) is 3.84. The van der Waals surface area contributed by atoms with E-state index in [2.05, 4.69) is 5.32 Å². The molecule has 0 spiro atoms. The summed E-state index contributed by atoms with van der Waals surface area (Å²) in [5.74, 6) is 0.193. The van der Waals surface area contributed by atoms with Crippen LogP contribution in [0.5, 0.6) is 0 Å². The summed E-state index contributed by atoms with van der Waals surface area (Å²) in [7, 11) is 0. The van der Waals surface area contributed by atoms with Crippen LogP contribution < -0.4 is 11.1 Å². The molecule has 0 saturated heterocycles. The smallest absolute Gasteiger partial charge is 0.287 e. The molecule has 1 aliphatic rings. The van der Waals surface area contributed by atoms with Crippen molar-refractivity contribution in [1.29, 1.82) is 0 Å². The summed E-state index contributed by atoms with van der Waals surface area (Å²) in [6.45, 7) is 2.74. The standard InChI is InChI=1S/C12H18N4O3/c1-2-15-7-9(16(18)19)5-11(15)12(17)14-6-10(13)8-3-4-8/h5,7-8,10H,2-4,6,13H2,1H3,(H,14,17). The van der Waals surface area contributed by atoms with E-state index in [1.165, 1.54) is 12.3 Å². The number of nitro groups is 1. The van der Waals surface area contributed by atoms with Crippen molar-refractivity contribution >= 4 is 11.6 Å². The van der Waals surface area contributed by atoms with Gasteiger partial charge in [0.25, 0.3) is 11.6 Å². The molecule has 1 aromatic rings. The molecule has 3 N–H and O–H groups in total. The monoisotopic (exact) mass is 266 g/mol. The Morgan fingerprint density at radius 1 is 1.68 bits per heavy atom. The number of aryl methyl sites for hydroxylation is 1. The molecule has 104 valence electrons. The van der Waals surface area contributed by atoms with Crippen LogP contribution in [0.3, 0.4) is 0 Å². The van der Waals surface area contributed by atoms with Gasteiger partial charge in [-0.3, -0.25) is 14.9 Å². The molecule has 1 unspecified atom stereocenters. The molecule has 2 rings (SSSR count). The van der Waals surface area contributed by atoms with Gasteiger partial charge < -0.3 is 15.6 Å². The first-order chi connectivity index (χ1) is 9.02. The number of nitrogens with zero attached hydrogens (tertiary/aromatic N) is 2. The van der Waals surface area contributed by atoms with Crippen LogP contribution in [0, 0.1) is 16.0 Å². The Bertz CT molecular complexity index is 493. The van der Waals surface area contributed by atoms with Crippen LogP contribution in [0.15, 0.2) is 12.3 Å². The van der Waals surface area contributed by atoms with Gasteiger partial charge in [-0.15, -0.1) is 0 Å². The number of carbonyl (C=O) groups is 1. The van der Waals surface area contributed by atoms with Gasteiger partial charge in [-0.2, -0.15) is 0 Å². The van der Waals surface area contributed by atoms with Crippen LogP contribution in [0.2, 0.25) is 0 Å². The van der Waals surface area contributed by atoms with Crippen LogP contribution in [0.25, 0.3) is 0 Å². The molecule has 0 aromatic carbocycles. The molecule has 0 bridgehead atoms. The molecule has 0 radical (unpaired) electrons. The number of hydrogen-bond donors (Lipinski definition) is 2. The van der Waals surface area contributed by atoms with Crippen LogP contribution in [0.1, 0.15) is 30.3 Å². The first kappa shape index (κ1) is 13.5. The molecule has 1 heterocycles. The minimum Gasteiger partial charge on any atom is -0.349 e. The molecule has 1 aromatic heterocycles. The number of nitrogens with two attached hydrogens (primary N) is 1. The van der Waals surface area contributed by atoms with Gasteiger partial charge in [0.1, 0.15) is 5.69 Å². The summed E-state index contributed by atoms with van der Waals surface area (Å²) >= 11 is 0. The fourth-order valence-corrected chi connectivity index (χ4v) is 2.04. The van der Waals surface area contributed by atoms with Crippen LogP contribution in [-0.4, -0.2) is 28.0 Å². The zero-order valence-electron chi connectivity index (χ0n) is 10.8. The fraction of sp³-hybridized carbons (Fsp3) is 0.583. The summed E-state index contributed by atoms with van der Waals surface area (Å²) in [4.78, 5) is 22.2. The highest BCUT2D eigenvalue weighted by molar-refractivity contribution is 5.93. The second-order valence-electron chi connectivity index (χ2n) is 4.84. The molecule has 7 nitrogen and oxygen atoms in total. The average molecular weight is 266 g/mol. The summed E-state index contributed by atoms with van der Waals surface area (Å²) in [6, 6.07) is 1.27. The molecule has 19 heavy (non-hydrogen) atoms. The third kappa shape index (κ3) is 3.11. The number of carbonyl (C=O) groups excluding carboxylic acids is 1. The Hall–Kier alpha value is -1.89. The minimum atomic E-state index is -0.501. The lowest BCUT2D eigenvalue weighted by Crippen LogP contribution is -2.39. The predicted molar refractivity (Wildman–Crippen MR) is 69.8 cm³/mol. The number of amides is 1. The highest BCUT2D eigenvalue weighted by atomic mass is 16.6. The van der Waals surface area contributed by atoms with Gasteiger partial charge in [0.2, 0.25) is 0 Å². The van der Waals surface area contributed by atoms with E-state index in [1.807, 2.05) is 6.92 Å². The molecule has 1 amide bonds. The molecular formula is C12H18N4O3. The Morgan fingerprint density at radius 2 is 2.37 bits per heavy atom. The van der Waals surface area contributed by atoms with Crippen molar-refractivity contribution in [3.05, 3.63) is 28.1 Å². The van der Waals surface area contributed by atoms with Crippen molar-refractivity contribution in [2.45, 2.75) is 32.4 Å². The highest BCUT2D eigenvalue weighted by Crippen LogP contribution is 2.31. The third-order valence-corrected chi connectivity index (χ3v) is 3.39. The summed E-state index contributed by atoms with van der Waals surface area (Å²) in [5, 5.41) is 13.4. The van der Waals surface area contributed by atoms with E-state index in [0.29, 0.717) is 24.7 Å². The Morgan fingerprint density at radius 3 is 2.89 bits per heavy atom. The van der Waals surface area contributed by atoms with E-state index in [0.717, 1.165) is 12.8 Å². The normalized spacial score (nSPS) is 16.1. The van der Waals surface area contributed by atoms with Gasteiger partial charge in [-0.05, 0) is 25.7 Å². The molecule has 1 aliphatic carbocycles. The largest absolute Gasteiger partial charge is 0.349 e. The van der Waals surface area contributed by atoms with Crippen molar-refractivity contribution in [3.63, 3.8) is 0 Å². The summed E-state index contributed by atoms with van der Waals surface area (Å²) in [6.07, 6.45) is 3.61. The predicted octanol–water partition coefficient (Wildman–Crippen LogP) is 0.883.